The van der Waals surface area contributed by atoms with E-state index in [0.29, 0.717) is 56.0 Å². The van der Waals surface area contributed by atoms with E-state index >= 15 is 0 Å². The summed E-state index contributed by atoms with van der Waals surface area (Å²) < 4.78 is 26.8. The number of rotatable bonds is 7. The van der Waals surface area contributed by atoms with Crippen molar-refractivity contribution in [3.05, 3.63) is 88.3 Å². The van der Waals surface area contributed by atoms with E-state index in [9.17, 15) is 4.39 Å². The van der Waals surface area contributed by atoms with Crippen molar-refractivity contribution in [1.29, 1.82) is 0 Å². The molecule has 1 fully saturated rings. The predicted molar refractivity (Wildman–Crippen MR) is 148 cm³/mol. The van der Waals surface area contributed by atoms with Crippen LogP contribution >= 0.6 is 11.6 Å². The molecule has 0 saturated carbocycles. The van der Waals surface area contributed by atoms with Crippen LogP contribution in [0.15, 0.2) is 60.7 Å². The maximum Gasteiger partial charge on any atom is 0.320 e. The molecule has 6 nitrogen and oxygen atoms in total. The first-order chi connectivity index (χ1) is 18.6. The molecule has 1 aromatic heterocycles. The van der Waals surface area contributed by atoms with Crippen molar-refractivity contribution in [1.82, 2.24) is 14.9 Å². The molecule has 1 atom stereocenters. The van der Waals surface area contributed by atoms with Gasteiger partial charge in [0.1, 0.15) is 19.0 Å². The van der Waals surface area contributed by atoms with E-state index in [-0.39, 0.29) is 5.02 Å². The maximum atomic E-state index is 14.4. The lowest BCUT2D eigenvalue weighted by molar-refractivity contribution is 0.184. The molecule has 0 bridgehead atoms. The third kappa shape index (κ3) is 5.00. The van der Waals surface area contributed by atoms with E-state index in [2.05, 4.69) is 16.8 Å². The van der Waals surface area contributed by atoms with E-state index in [1.807, 2.05) is 48.5 Å². The molecule has 0 N–H and O–H groups in total. The van der Waals surface area contributed by atoms with Crippen LogP contribution in [0.2, 0.25) is 5.02 Å². The summed E-state index contributed by atoms with van der Waals surface area (Å²) in [4.78, 5) is 14.0. The summed E-state index contributed by atoms with van der Waals surface area (Å²) in [6.45, 7) is 3.25. The first-order valence-electron chi connectivity index (χ1n) is 13.1. The third-order valence-corrected chi connectivity index (χ3v) is 7.92. The molecule has 1 saturated heterocycles. The predicted octanol–water partition coefficient (Wildman–Crippen LogP) is 6.04. The Morgan fingerprint density at radius 3 is 2.68 bits per heavy atom. The number of halogens is 2. The van der Waals surface area contributed by atoms with Gasteiger partial charge < -0.3 is 19.3 Å². The van der Waals surface area contributed by atoms with Crippen LogP contribution in [0, 0.1) is 5.82 Å². The van der Waals surface area contributed by atoms with Gasteiger partial charge in [0.25, 0.3) is 0 Å². The molecule has 3 aromatic carbocycles. The Balaban J connectivity index is 1.32. The highest BCUT2D eigenvalue weighted by molar-refractivity contribution is 6.36. The fourth-order valence-electron chi connectivity index (χ4n) is 5.40. The largest absolute Gasteiger partial charge is 0.472 e. The lowest BCUT2D eigenvalue weighted by Gasteiger charge is -2.32. The topological polar surface area (TPSA) is 50.7 Å². The zero-order valence-electron chi connectivity index (χ0n) is 21.4. The molecule has 2 aliphatic rings. The van der Waals surface area contributed by atoms with Gasteiger partial charge in [0.2, 0.25) is 5.88 Å². The van der Waals surface area contributed by atoms with Gasteiger partial charge >= 0.3 is 6.01 Å². The van der Waals surface area contributed by atoms with Crippen molar-refractivity contribution in [3.63, 3.8) is 0 Å². The zero-order valence-corrected chi connectivity index (χ0v) is 22.1. The summed E-state index contributed by atoms with van der Waals surface area (Å²) in [5.41, 5.74) is 3.80. The maximum absolute atomic E-state index is 14.4. The summed E-state index contributed by atoms with van der Waals surface area (Å²) in [6.07, 6.45) is 2.96. The molecular formula is C30H30ClFN4O2. The monoisotopic (exact) mass is 532 g/mol. The van der Waals surface area contributed by atoms with Crippen LogP contribution in [0.25, 0.3) is 10.8 Å². The highest BCUT2D eigenvalue weighted by Gasteiger charge is 2.27. The fraction of sp³-hybridized carbons (Fsp3) is 0.333. The Bertz CT molecular complexity index is 1450. The van der Waals surface area contributed by atoms with E-state index in [1.54, 1.807) is 6.07 Å². The van der Waals surface area contributed by atoms with Gasteiger partial charge in [0, 0.05) is 29.2 Å². The van der Waals surface area contributed by atoms with Crippen LogP contribution in [-0.2, 0) is 19.6 Å². The second kappa shape index (κ2) is 10.8. The molecule has 0 unspecified atom stereocenters. The van der Waals surface area contributed by atoms with Crippen LogP contribution in [0.3, 0.4) is 0 Å². The second-order valence-electron chi connectivity index (χ2n) is 10.0. The molecule has 6 rings (SSSR count). The Morgan fingerprint density at radius 1 is 1.00 bits per heavy atom. The van der Waals surface area contributed by atoms with Gasteiger partial charge in [-0.15, -0.1) is 0 Å². The minimum absolute atomic E-state index is 0.142. The molecular weight excluding hydrogens is 503 g/mol. The van der Waals surface area contributed by atoms with Crippen molar-refractivity contribution >= 4 is 28.1 Å². The third-order valence-electron chi connectivity index (χ3n) is 7.56. The lowest BCUT2D eigenvalue weighted by atomic mass is 10.0. The molecule has 4 aromatic rings. The van der Waals surface area contributed by atoms with Gasteiger partial charge in [0.05, 0.1) is 17.3 Å². The smallest absolute Gasteiger partial charge is 0.320 e. The molecule has 196 valence electrons. The molecule has 0 aliphatic carbocycles. The van der Waals surface area contributed by atoms with Crippen LogP contribution < -0.4 is 14.4 Å². The fourth-order valence-corrected chi connectivity index (χ4v) is 5.67. The van der Waals surface area contributed by atoms with Crippen LogP contribution in [0.4, 0.5) is 10.1 Å². The van der Waals surface area contributed by atoms with E-state index in [0.717, 1.165) is 40.9 Å². The summed E-state index contributed by atoms with van der Waals surface area (Å²) >= 11 is 6.44. The molecule has 2 aliphatic heterocycles. The molecule has 38 heavy (non-hydrogen) atoms. The van der Waals surface area contributed by atoms with Crippen molar-refractivity contribution in [2.45, 2.75) is 38.5 Å². The van der Waals surface area contributed by atoms with Gasteiger partial charge in [-0.3, -0.25) is 0 Å². The minimum Gasteiger partial charge on any atom is -0.472 e. The van der Waals surface area contributed by atoms with Crippen LogP contribution in [0.5, 0.6) is 11.9 Å². The van der Waals surface area contributed by atoms with E-state index in [4.69, 9.17) is 31.0 Å². The number of benzene rings is 3. The van der Waals surface area contributed by atoms with Crippen molar-refractivity contribution in [2.75, 3.05) is 31.6 Å². The highest BCUT2D eigenvalue weighted by atomic mass is 35.5. The number of ether oxygens (including phenoxy) is 2. The molecule has 8 heteroatoms. The zero-order chi connectivity index (χ0) is 26.1. The molecule has 0 radical (unpaired) electrons. The molecule has 3 heterocycles. The minimum atomic E-state index is -0.421. The number of anilines is 1. The summed E-state index contributed by atoms with van der Waals surface area (Å²) in [5, 5.41) is 1.76. The number of likely N-dealkylation sites (tertiary alicyclic amines) is 1. The highest BCUT2D eigenvalue weighted by Crippen LogP contribution is 2.38. The average Bonchev–Trinajstić information content (AvgIpc) is 3.37. The SMILES string of the molecule is CN1CCC[C@H]1COc1nc2c(c(OCc3ccccc3)n1)CCN(c1cccc3ccc(F)c(Cl)c13)C2. The van der Waals surface area contributed by atoms with Crippen molar-refractivity contribution in [2.24, 2.45) is 0 Å². The van der Waals surface area contributed by atoms with E-state index < -0.39 is 5.82 Å². The average molecular weight is 533 g/mol. The van der Waals surface area contributed by atoms with E-state index in [1.165, 1.54) is 12.5 Å². The van der Waals surface area contributed by atoms with Gasteiger partial charge in [-0.05, 0) is 55.9 Å². The van der Waals surface area contributed by atoms with Gasteiger partial charge in [-0.2, -0.15) is 9.97 Å². The summed E-state index contributed by atoms with van der Waals surface area (Å²) in [7, 11) is 2.12. The van der Waals surface area contributed by atoms with Gasteiger partial charge in [-0.25, -0.2) is 4.39 Å². The Labute approximate surface area is 227 Å². The van der Waals surface area contributed by atoms with Gasteiger partial charge in [0.15, 0.2) is 0 Å². The number of aromatic nitrogens is 2. The number of likely N-dealkylation sites (N-methyl/N-ethyl adjacent to an activating group) is 1. The molecule has 0 spiro atoms. The van der Waals surface area contributed by atoms with Crippen molar-refractivity contribution in [3.8, 4) is 11.9 Å². The summed E-state index contributed by atoms with van der Waals surface area (Å²) in [5.74, 6) is 0.144. The van der Waals surface area contributed by atoms with Crippen LogP contribution in [-0.4, -0.2) is 47.7 Å². The Morgan fingerprint density at radius 2 is 1.87 bits per heavy atom. The first kappa shape index (κ1) is 24.9. The quantitative estimate of drug-likeness (QED) is 0.289. The first-order valence-corrected chi connectivity index (χ1v) is 13.5. The van der Waals surface area contributed by atoms with Gasteiger partial charge in [-0.1, -0.05) is 60.1 Å². The number of nitrogens with zero attached hydrogens (tertiary/aromatic N) is 4. The Hall–Kier alpha value is -3.42. The second-order valence-corrected chi connectivity index (χ2v) is 10.4. The number of hydrogen-bond donors (Lipinski definition) is 0. The Kier molecular flexibility index (Phi) is 7.04. The summed E-state index contributed by atoms with van der Waals surface area (Å²) in [6, 6.07) is 19.8. The van der Waals surface area contributed by atoms with Crippen molar-refractivity contribution < 1.29 is 13.9 Å². The molecule has 0 amide bonds. The number of fused-ring (bicyclic) bond motifs is 2. The standard InChI is InChI=1S/C30H30ClFN4O2/c1-35-15-6-10-22(35)19-38-30-33-25-17-36(26-11-5-9-21-12-13-24(32)28(31)27(21)26)16-14-23(25)29(34-30)37-18-20-7-3-2-4-8-20/h2-5,7-9,11-13,22H,6,10,14-19H2,1H3/t22-/m0/s1. The van der Waals surface area contributed by atoms with Crippen LogP contribution in [0.1, 0.15) is 29.7 Å². The lowest BCUT2D eigenvalue weighted by Crippen LogP contribution is -2.33. The number of hydrogen-bond acceptors (Lipinski definition) is 6. The normalized spacial score (nSPS) is 17.6.